The van der Waals surface area contributed by atoms with Gasteiger partial charge < -0.3 is 14.8 Å². The Labute approximate surface area is 120 Å². The first-order chi connectivity index (χ1) is 9.65. The lowest BCUT2D eigenvalue weighted by atomic mass is 9.85. The number of nitrogens with one attached hydrogen (secondary N) is 1. The predicted octanol–water partition coefficient (Wildman–Crippen LogP) is 2.46. The molecular weight excluding hydrogens is 257 g/mol. The van der Waals surface area contributed by atoms with Gasteiger partial charge in [0, 0.05) is 19.8 Å². The van der Waals surface area contributed by atoms with Crippen molar-refractivity contribution in [2.45, 2.75) is 44.9 Å². The Morgan fingerprint density at radius 2 is 2.20 bits per heavy atom. The topological polar surface area (TPSA) is 30.5 Å². The monoisotopic (exact) mass is 281 g/mol. The van der Waals surface area contributed by atoms with Crippen molar-refractivity contribution in [1.82, 2.24) is 5.32 Å². The van der Waals surface area contributed by atoms with Crippen LogP contribution in [0.2, 0.25) is 0 Å². The summed E-state index contributed by atoms with van der Waals surface area (Å²) in [6, 6.07) is 5.33. The SMILES string of the molecule is CCOC1CC(NCCc2ccc(F)cc2C)C1OC. The fourth-order valence-corrected chi connectivity index (χ4v) is 2.81. The smallest absolute Gasteiger partial charge is 0.123 e. The lowest BCUT2D eigenvalue weighted by molar-refractivity contribution is -0.131. The largest absolute Gasteiger partial charge is 0.377 e. The number of halogens is 1. The van der Waals surface area contributed by atoms with Crippen molar-refractivity contribution < 1.29 is 13.9 Å². The van der Waals surface area contributed by atoms with Gasteiger partial charge in [-0.05, 0) is 56.5 Å². The van der Waals surface area contributed by atoms with E-state index >= 15 is 0 Å². The molecule has 1 fully saturated rings. The molecule has 0 spiro atoms. The number of hydrogen-bond donors (Lipinski definition) is 1. The Balaban J connectivity index is 1.76. The van der Waals surface area contributed by atoms with Gasteiger partial charge in [-0.1, -0.05) is 6.07 Å². The summed E-state index contributed by atoms with van der Waals surface area (Å²) in [6.45, 7) is 5.55. The Hall–Kier alpha value is -0.970. The fourth-order valence-electron chi connectivity index (χ4n) is 2.81. The van der Waals surface area contributed by atoms with Crippen LogP contribution < -0.4 is 5.32 Å². The van der Waals surface area contributed by atoms with Crippen molar-refractivity contribution in [2.75, 3.05) is 20.3 Å². The Kier molecular flexibility index (Phi) is 5.52. The molecule has 1 N–H and O–H groups in total. The maximum absolute atomic E-state index is 13.0. The van der Waals surface area contributed by atoms with E-state index in [1.165, 1.54) is 11.6 Å². The van der Waals surface area contributed by atoms with Crippen LogP contribution in [0, 0.1) is 12.7 Å². The van der Waals surface area contributed by atoms with Gasteiger partial charge in [-0.2, -0.15) is 0 Å². The summed E-state index contributed by atoms with van der Waals surface area (Å²) in [4.78, 5) is 0. The lowest BCUT2D eigenvalue weighted by Gasteiger charge is -2.43. The number of rotatable bonds is 7. The van der Waals surface area contributed by atoms with Gasteiger partial charge in [-0.15, -0.1) is 0 Å². The summed E-state index contributed by atoms with van der Waals surface area (Å²) < 4.78 is 24.1. The molecule has 0 aromatic heterocycles. The number of benzene rings is 1. The van der Waals surface area contributed by atoms with Crippen LogP contribution in [-0.2, 0) is 15.9 Å². The highest BCUT2D eigenvalue weighted by atomic mass is 19.1. The van der Waals surface area contributed by atoms with Crippen molar-refractivity contribution in [3.05, 3.63) is 35.1 Å². The zero-order valence-corrected chi connectivity index (χ0v) is 12.5. The highest BCUT2D eigenvalue weighted by Gasteiger charge is 2.41. The van der Waals surface area contributed by atoms with Gasteiger partial charge in [0.05, 0.1) is 12.2 Å². The van der Waals surface area contributed by atoms with Crippen molar-refractivity contribution in [2.24, 2.45) is 0 Å². The Bertz CT molecular complexity index is 438. The molecule has 1 aliphatic rings. The summed E-state index contributed by atoms with van der Waals surface area (Å²) in [6.07, 6.45) is 2.26. The van der Waals surface area contributed by atoms with Crippen LogP contribution in [0.3, 0.4) is 0 Å². The maximum Gasteiger partial charge on any atom is 0.123 e. The average Bonchev–Trinajstić information content (AvgIpc) is 2.39. The van der Waals surface area contributed by atoms with Crippen molar-refractivity contribution in [1.29, 1.82) is 0 Å². The first-order valence-corrected chi connectivity index (χ1v) is 7.28. The molecule has 3 nitrogen and oxygen atoms in total. The minimum atomic E-state index is -0.169. The van der Waals surface area contributed by atoms with Gasteiger partial charge in [-0.3, -0.25) is 0 Å². The van der Waals surface area contributed by atoms with Crippen LogP contribution in [0.15, 0.2) is 18.2 Å². The van der Waals surface area contributed by atoms with Gasteiger partial charge in [0.2, 0.25) is 0 Å². The van der Waals surface area contributed by atoms with E-state index in [1.807, 2.05) is 19.9 Å². The second kappa shape index (κ2) is 7.16. The van der Waals surface area contributed by atoms with Gasteiger partial charge in [0.1, 0.15) is 5.82 Å². The molecule has 0 radical (unpaired) electrons. The van der Waals surface area contributed by atoms with Crippen molar-refractivity contribution in [3.8, 4) is 0 Å². The van der Waals surface area contributed by atoms with E-state index in [2.05, 4.69) is 5.32 Å². The van der Waals surface area contributed by atoms with Gasteiger partial charge in [0.25, 0.3) is 0 Å². The minimum Gasteiger partial charge on any atom is -0.377 e. The fraction of sp³-hybridized carbons (Fsp3) is 0.625. The van der Waals surface area contributed by atoms with E-state index in [0.717, 1.165) is 31.6 Å². The first kappa shape index (κ1) is 15.4. The molecule has 1 saturated carbocycles. The number of methoxy groups -OCH3 is 1. The van der Waals surface area contributed by atoms with Gasteiger partial charge in [-0.25, -0.2) is 4.39 Å². The third kappa shape index (κ3) is 3.57. The molecule has 1 aliphatic carbocycles. The molecule has 0 aliphatic heterocycles. The summed E-state index contributed by atoms with van der Waals surface area (Å²) in [7, 11) is 1.73. The molecule has 3 unspecified atom stereocenters. The highest BCUT2D eigenvalue weighted by Crippen LogP contribution is 2.26. The summed E-state index contributed by atoms with van der Waals surface area (Å²) in [5.41, 5.74) is 2.20. The maximum atomic E-state index is 13.0. The average molecular weight is 281 g/mol. The first-order valence-electron chi connectivity index (χ1n) is 7.28. The van der Waals surface area contributed by atoms with Crippen LogP contribution in [-0.4, -0.2) is 38.5 Å². The number of hydrogen-bond acceptors (Lipinski definition) is 3. The van der Waals surface area contributed by atoms with Crippen LogP contribution in [0.25, 0.3) is 0 Å². The third-order valence-electron chi connectivity index (χ3n) is 4.01. The zero-order valence-electron chi connectivity index (χ0n) is 12.5. The molecule has 0 saturated heterocycles. The lowest BCUT2D eigenvalue weighted by Crippen LogP contribution is -2.60. The van der Waals surface area contributed by atoms with E-state index in [-0.39, 0.29) is 18.0 Å². The molecular formula is C16H24FNO2. The normalized spacial score (nSPS) is 25.5. The minimum absolute atomic E-state index is 0.143. The number of aryl methyl sites for hydroxylation is 1. The predicted molar refractivity (Wildman–Crippen MR) is 77.5 cm³/mol. The molecule has 1 aromatic rings. The highest BCUT2D eigenvalue weighted by molar-refractivity contribution is 5.26. The van der Waals surface area contributed by atoms with Crippen LogP contribution in [0.1, 0.15) is 24.5 Å². The zero-order chi connectivity index (χ0) is 14.5. The molecule has 0 heterocycles. The molecule has 0 amide bonds. The van der Waals surface area contributed by atoms with Crippen LogP contribution in [0.5, 0.6) is 0 Å². The van der Waals surface area contributed by atoms with Gasteiger partial charge >= 0.3 is 0 Å². The second-order valence-corrected chi connectivity index (χ2v) is 5.31. The van der Waals surface area contributed by atoms with E-state index < -0.39 is 0 Å². The molecule has 2 rings (SSSR count). The Morgan fingerprint density at radius 1 is 1.40 bits per heavy atom. The Morgan fingerprint density at radius 3 is 2.85 bits per heavy atom. The van der Waals surface area contributed by atoms with Crippen LogP contribution >= 0.6 is 0 Å². The molecule has 3 atom stereocenters. The molecule has 4 heteroatoms. The molecule has 112 valence electrons. The van der Waals surface area contributed by atoms with Crippen molar-refractivity contribution >= 4 is 0 Å². The standard InChI is InChI=1S/C16H24FNO2/c1-4-20-15-10-14(16(15)19-3)18-8-7-12-5-6-13(17)9-11(12)2/h5-6,9,14-16,18H,4,7-8,10H2,1-3H3. The van der Waals surface area contributed by atoms with E-state index in [0.29, 0.717) is 6.04 Å². The summed E-state index contributed by atoms with van der Waals surface area (Å²) in [5, 5.41) is 3.50. The van der Waals surface area contributed by atoms with Gasteiger partial charge in [0.15, 0.2) is 0 Å². The quantitative estimate of drug-likeness (QED) is 0.833. The number of ether oxygens (including phenoxy) is 2. The summed E-state index contributed by atoms with van der Waals surface area (Å²) in [5.74, 6) is -0.169. The molecule has 0 bridgehead atoms. The summed E-state index contributed by atoms with van der Waals surface area (Å²) >= 11 is 0. The van der Waals surface area contributed by atoms with E-state index in [9.17, 15) is 4.39 Å². The van der Waals surface area contributed by atoms with Crippen molar-refractivity contribution in [3.63, 3.8) is 0 Å². The third-order valence-corrected chi connectivity index (χ3v) is 4.01. The second-order valence-electron chi connectivity index (χ2n) is 5.31. The van der Waals surface area contributed by atoms with E-state index in [1.54, 1.807) is 13.2 Å². The van der Waals surface area contributed by atoms with Crippen LogP contribution in [0.4, 0.5) is 4.39 Å². The molecule has 20 heavy (non-hydrogen) atoms. The molecule has 1 aromatic carbocycles. The van der Waals surface area contributed by atoms with E-state index in [4.69, 9.17) is 9.47 Å².